The topological polar surface area (TPSA) is 31.4 Å². The summed E-state index contributed by atoms with van der Waals surface area (Å²) in [7, 11) is 3.26. The molecule has 0 N–H and O–H groups in total. The minimum Gasteiger partial charge on any atom is -0.493 e. The summed E-state index contributed by atoms with van der Waals surface area (Å²) in [5, 5.41) is 2.04. The first-order valence-electron chi connectivity index (χ1n) is 7.01. The molecule has 0 bridgehead atoms. The van der Waals surface area contributed by atoms with E-state index in [1.807, 2.05) is 42.5 Å². The first-order valence-corrected chi connectivity index (χ1v) is 7.01. The lowest BCUT2D eigenvalue weighted by Gasteiger charge is -2.12. The molecule has 0 aliphatic carbocycles. The molecule has 0 saturated carbocycles. The molecule has 3 nitrogen and oxygen atoms in total. The number of pyridine rings is 1. The molecule has 0 fully saturated rings. The highest BCUT2D eigenvalue weighted by molar-refractivity contribution is 5.94. The molecule has 0 radical (unpaired) electrons. The van der Waals surface area contributed by atoms with Gasteiger partial charge in [0.15, 0.2) is 11.5 Å². The zero-order valence-corrected chi connectivity index (χ0v) is 12.7. The van der Waals surface area contributed by atoms with Gasteiger partial charge in [-0.3, -0.25) is 0 Å². The maximum Gasteiger partial charge on any atom is 0.161 e. The van der Waals surface area contributed by atoms with E-state index in [1.54, 1.807) is 20.3 Å². The summed E-state index contributed by atoms with van der Waals surface area (Å²) in [5.41, 5.74) is 2.81. The minimum atomic E-state index is 0.687. The van der Waals surface area contributed by atoms with Gasteiger partial charge in [0.2, 0.25) is 0 Å². The highest BCUT2D eigenvalue weighted by Gasteiger charge is 2.11. The van der Waals surface area contributed by atoms with Crippen molar-refractivity contribution in [3.8, 4) is 22.8 Å². The molecule has 2 aromatic carbocycles. The van der Waals surface area contributed by atoms with Crippen LogP contribution in [0.3, 0.4) is 0 Å². The van der Waals surface area contributed by atoms with Crippen LogP contribution in [0.5, 0.6) is 11.5 Å². The van der Waals surface area contributed by atoms with Gasteiger partial charge in [-0.05, 0) is 29.7 Å². The number of benzene rings is 2. The van der Waals surface area contributed by atoms with E-state index >= 15 is 0 Å². The van der Waals surface area contributed by atoms with Crippen LogP contribution >= 0.6 is 0 Å². The van der Waals surface area contributed by atoms with Crippen LogP contribution < -0.4 is 9.47 Å². The summed E-state index contributed by atoms with van der Waals surface area (Å²) in [6.45, 7) is 3.88. The van der Waals surface area contributed by atoms with Crippen molar-refractivity contribution < 1.29 is 9.47 Å². The van der Waals surface area contributed by atoms with Gasteiger partial charge in [-0.2, -0.15) is 0 Å². The molecule has 0 unspecified atom stereocenters. The standard InChI is InChI=1S/C19H17NO2/c1-4-16-15-12-19(22-3)18(21-2)11-14(15)10-17(20-16)13-8-6-5-7-9-13/h4-12H,1H2,2-3H3. The summed E-state index contributed by atoms with van der Waals surface area (Å²) in [5.74, 6) is 1.39. The summed E-state index contributed by atoms with van der Waals surface area (Å²) in [6.07, 6.45) is 1.76. The predicted octanol–water partition coefficient (Wildman–Crippen LogP) is 4.56. The number of aromatic nitrogens is 1. The van der Waals surface area contributed by atoms with Crippen molar-refractivity contribution in [1.82, 2.24) is 4.98 Å². The van der Waals surface area contributed by atoms with Crippen LogP contribution in [0.4, 0.5) is 0 Å². The van der Waals surface area contributed by atoms with Crippen LogP contribution in [-0.4, -0.2) is 19.2 Å². The minimum absolute atomic E-state index is 0.687. The van der Waals surface area contributed by atoms with E-state index in [2.05, 4.69) is 12.6 Å². The van der Waals surface area contributed by atoms with Crippen LogP contribution in [0.15, 0.2) is 55.1 Å². The van der Waals surface area contributed by atoms with Gasteiger partial charge < -0.3 is 9.47 Å². The highest BCUT2D eigenvalue weighted by atomic mass is 16.5. The summed E-state index contributed by atoms with van der Waals surface area (Å²) >= 11 is 0. The van der Waals surface area contributed by atoms with E-state index in [0.717, 1.165) is 27.7 Å². The Balaban J connectivity index is 2.29. The number of ether oxygens (including phenoxy) is 2. The van der Waals surface area contributed by atoms with Crippen molar-refractivity contribution in [2.45, 2.75) is 0 Å². The molecule has 0 spiro atoms. The van der Waals surface area contributed by atoms with E-state index in [-0.39, 0.29) is 0 Å². The molecule has 0 aliphatic heterocycles. The maximum atomic E-state index is 5.39. The normalized spacial score (nSPS) is 10.5. The molecule has 1 aromatic heterocycles. The number of nitrogens with zero attached hydrogens (tertiary/aromatic N) is 1. The lowest BCUT2D eigenvalue weighted by atomic mass is 10.0. The Morgan fingerprint density at radius 2 is 1.64 bits per heavy atom. The van der Waals surface area contributed by atoms with Crippen LogP contribution in [0.2, 0.25) is 0 Å². The van der Waals surface area contributed by atoms with E-state index in [0.29, 0.717) is 11.5 Å². The Hall–Kier alpha value is -2.81. The second-order valence-electron chi connectivity index (χ2n) is 4.89. The number of hydrogen-bond acceptors (Lipinski definition) is 3. The van der Waals surface area contributed by atoms with Crippen LogP contribution in [0.25, 0.3) is 28.1 Å². The van der Waals surface area contributed by atoms with E-state index < -0.39 is 0 Å². The van der Waals surface area contributed by atoms with Crippen LogP contribution in [0, 0.1) is 0 Å². The molecule has 0 amide bonds. The Morgan fingerprint density at radius 1 is 0.955 bits per heavy atom. The number of fused-ring (bicyclic) bond motifs is 1. The highest BCUT2D eigenvalue weighted by Crippen LogP contribution is 2.35. The molecule has 110 valence electrons. The molecule has 1 heterocycles. The molecule has 0 atom stereocenters. The molecular formula is C19H17NO2. The molecule has 0 saturated heterocycles. The zero-order valence-electron chi connectivity index (χ0n) is 12.7. The van der Waals surface area contributed by atoms with Crippen molar-refractivity contribution in [3.05, 3.63) is 60.8 Å². The Bertz CT molecular complexity index is 826. The van der Waals surface area contributed by atoms with Gasteiger partial charge in [-0.15, -0.1) is 0 Å². The largest absolute Gasteiger partial charge is 0.493 e. The Kier molecular flexibility index (Phi) is 3.79. The summed E-state index contributed by atoms with van der Waals surface area (Å²) < 4.78 is 10.8. The van der Waals surface area contributed by atoms with Crippen molar-refractivity contribution in [1.29, 1.82) is 0 Å². The molecule has 3 heteroatoms. The van der Waals surface area contributed by atoms with Crippen molar-refractivity contribution in [2.24, 2.45) is 0 Å². The molecule has 22 heavy (non-hydrogen) atoms. The molecular weight excluding hydrogens is 274 g/mol. The zero-order chi connectivity index (χ0) is 15.5. The van der Waals surface area contributed by atoms with E-state index in [9.17, 15) is 0 Å². The summed E-state index contributed by atoms with van der Waals surface area (Å²) in [4.78, 5) is 4.71. The van der Waals surface area contributed by atoms with Gasteiger partial charge in [0.25, 0.3) is 0 Å². The van der Waals surface area contributed by atoms with Gasteiger partial charge >= 0.3 is 0 Å². The number of rotatable bonds is 4. The van der Waals surface area contributed by atoms with Crippen molar-refractivity contribution in [2.75, 3.05) is 14.2 Å². The lowest BCUT2D eigenvalue weighted by molar-refractivity contribution is 0.356. The van der Waals surface area contributed by atoms with Gasteiger partial charge in [-0.1, -0.05) is 36.9 Å². The third kappa shape index (κ3) is 2.42. The van der Waals surface area contributed by atoms with Gasteiger partial charge in [0.1, 0.15) is 0 Å². The smallest absolute Gasteiger partial charge is 0.161 e. The van der Waals surface area contributed by atoms with E-state index in [4.69, 9.17) is 14.5 Å². The number of methoxy groups -OCH3 is 2. The first kappa shape index (κ1) is 14.1. The molecule has 3 aromatic rings. The average molecular weight is 291 g/mol. The average Bonchev–Trinajstić information content (AvgIpc) is 2.60. The third-order valence-electron chi connectivity index (χ3n) is 3.63. The first-order chi connectivity index (χ1) is 10.8. The van der Waals surface area contributed by atoms with Gasteiger partial charge in [0, 0.05) is 10.9 Å². The molecule has 3 rings (SSSR count). The molecule has 0 aliphatic rings. The number of hydrogen-bond donors (Lipinski definition) is 0. The monoisotopic (exact) mass is 291 g/mol. The fourth-order valence-electron chi connectivity index (χ4n) is 2.52. The third-order valence-corrected chi connectivity index (χ3v) is 3.63. The van der Waals surface area contributed by atoms with Crippen molar-refractivity contribution >= 4 is 16.8 Å². The second kappa shape index (κ2) is 5.90. The Morgan fingerprint density at radius 3 is 2.27 bits per heavy atom. The van der Waals surface area contributed by atoms with E-state index in [1.165, 1.54) is 0 Å². The van der Waals surface area contributed by atoms with Crippen LogP contribution in [0.1, 0.15) is 5.69 Å². The Labute approximate surface area is 129 Å². The van der Waals surface area contributed by atoms with Gasteiger partial charge in [0.05, 0.1) is 25.6 Å². The summed E-state index contributed by atoms with van der Waals surface area (Å²) in [6, 6.07) is 16.0. The SMILES string of the molecule is C=Cc1nc(-c2ccccc2)cc2cc(OC)c(OC)cc12. The van der Waals surface area contributed by atoms with Crippen molar-refractivity contribution in [3.63, 3.8) is 0 Å². The van der Waals surface area contributed by atoms with Crippen LogP contribution in [-0.2, 0) is 0 Å². The fourth-order valence-corrected chi connectivity index (χ4v) is 2.52. The second-order valence-corrected chi connectivity index (χ2v) is 4.89. The quantitative estimate of drug-likeness (QED) is 0.706. The van der Waals surface area contributed by atoms with Gasteiger partial charge in [-0.25, -0.2) is 4.98 Å². The maximum absolute atomic E-state index is 5.39. The fraction of sp³-hybridized carbons (Fsp3) is 0.105. The predicted molar refractivity (Wildman–Crippen MR) is 90.4 cm³/mol. The lowest BCUT2D eigenvalue weighted by Crippen LogP contribution is -1.94.